The molecule has 2 N–H and O–H groups in total. The Balaban J connectivity index is 2.75. The molecule has 0 amide bonds. The molecular weight excluding hydrogens is 264 g/mol. The Morgan fingerprint density at radius 1 is 1.16 bits per heavy atom. The molecule has 0 bridgehead atoms. The summed E-state index contributed by atoms with van der Waals surface area (Å²) in [6.07, 6.45) is 3.97. The number of rotatable bonds is 7. The smallest absolute Gasteiger partial charge is 0.158 e. The van der Waals surface area contributed by atoms with Gasteiger partial charge in [-0.15, -0.1) is 0 Å². The van der Waals surface area contributed by atoms with Crippen molar-refractivity contribution in [1.82, 2.24) is 0 Å². The first-order valence-corrected chi connectivity index (χ1v) is 9.13. The van der Waals surface area contributed by atoms with E-state index in [0.717, 1.165) is 19.3 Å². The summed E-state index contributed by atoms with van der Waals surface area (Å²) in [5, 5.41) is 18.5. The van der Waals surface area contributed by atoms with Crippen LogP contribution in [0.5, 0.6) is 0 Å². The van der Waals surface area contributed by atoms with Gasteiger partial charge >= 0.3 is 0 Å². The summed E-state index contributed by atoms with van der Waals surface area (Å²) in [5.41, 5.74) is 0. The minimum absolute atomic E-state index is 0.188. The van der Waals surface area contributed by atoms with Crippen molar-refractivity contribution in [2.24, 2.45) is 0 Å². The van der Waals surface area contributed by atoms with E-state index in [2.05, 4.69) is 6.92 Å². The maximum absolute atomic E-state index is 12.6. The lowest BCUT2D eigenvalue weighted by atomic mass is 9.95. The summed E-state index contributed by atoms with van der Waals surface area (Å²) >= 11 is 0. The molecule has 0 saturated heterocycles. The predicted molar refractivity (Wildman–Crippen MR) is 76.8 cm³/mol. The second-order valence-electron chi connectivity index (χ2n) is 5.69. The number of unbranched alkanes of at least 4 members (excludes halogenated alkanes) is 2. The van der Waals surface area contributed by atoms with Gasteiger partial charge in [-0.3, -0.25) is 0 Å². The van der Waals surface area contributed by atoms with Gasteiger partial charge in [-0.05, 0) is 32.1 Å². The zero-order valence-electron chi connectivity index (χ0n) is 12.1. The van der Waals surface area contributed by atoms with Gasteiger partial charge in [-0.2, -0.15) is 0 Å². The number of hydrogen-bond acceptors (Lipinski definition) is 4. The third kappa shape index (κ3) is 4.43. The Hall–Kier alpha value is -0.130. The van der Waals surface area contributed by atoms with Crippen molar-refractivity contribution in [3.8, 4) is 0 Å². The van der Waals surface area contributed by atoms with E-state index in [1.807, 2.05) is 6.92 Å². The highest BCUT2D eigenvalue weighted by Gasteiger charge is 2.41. The third-order valence-corrected chi connectivity index (χ3v) is 7.05. The first-order valence-electron chi connectivity index (χ1n) is 7.52. The molecule has 0 aromatic carbocycles. The fourth-order valence-electron chi connectivity index (χ4n) is 2.92. The van der Waals surface area contributed by atoms with E-state index in [9.17, 15) is 18.6 Å². The summed E-state index contributed by atoms with van der Waals surface area (Å²) in [5.74, 6) is 0. The van der Waals surface area contributed by atoms with Crippen LogP contribution in [0.3, 0.4) is 0 Å². The average Bonchev–Trinajstić information content (AvgIpc) is 2.37. The second kappa shape index (κ2) is 7.60. The van der Waals surface area contributed by atoms with Gasteiger partial charge in [0.1, 0.15) is 0 Å². The Labute approximate surface area is 117 Å². The van der Waals surface area contributed by atoms with Gasteiger partial charge < -0.3 is 10.2 Å². The zero-order valence-corrected chi connectivity index (χ0v) is 12.9. The topological polar surface area (TPSA) is 74.6 Å². The standard InChI is InChI=1S/C14H28O4S/c1-3-5-6-7-12(4-2)19(17,18)14-10-11(15)8-9-13(14)16/h11-16H,3-10H2,1-2H3. The maximum Gasteiger partial charge on any atom is 0.158 e. The van der Waals surface area contributed by atoms with Crippen molar-refractivity contribution in [1.29, 1.82) is 0 Å². The maximum atomic E-state index is 12.6. The van der Waals surface area contributed by atoms with Gasteiger partial charge in [-0.1, -0.05) is 33.1 Å². The molecule has 0 radical (unpaired) electrons. The molecule has 0 spiro atoms. The van der Waals surface area contributed by atoms with E-state index in [1.165, 1.54) is 0 Å². The first kappa shape index (κ1) is 16.9. The molecule has 1 fully saturated rings. The van der Waals surface area contributed by atoms with Gasteiger partial charge in [0.15, 0.2) is 9.84 Å². The number of aliphatic hydroxyl groups excluding tert-OH is 2. The van der Waals surface area contributed by atoms with Gasteiger partial charge in [0.05, 0.1) is 22.7 Å². The summed E-state index contributed by atoms with van der Waals surface area (Å²) in [4.78, 5) is 0. The normalized spacial score (nSPS) is 30.2. The monoisotopic (exact) mass is 292 g/mol. The summed E-state index contributed by atoms with van der Waals surface area (Å²) in [6.45, 7) is 3.98. The van der Waals surface area contributed by atoms with Crippen molar-refractivity contribution in [2.75, 3.05) is 0 Å². The molecule has 1 aliphatic carbocycles. The third-order valence-electron chi connectivity index (χ3n) is 4.20. The van der Waals surface area contributed by atoms with Crippen molar-refractivity contribution >= 4 is 9.84 Å². The highest BCUT2D eigenvalue weighted by atomic mass is 32.2. The van der Waals surface area contributed by atoms with E-state index in [-0.39, 0.29) is 11.7 Å². The molecule has 0 aromatic rings. The van der Waals surface area contributed by atoms with Crippen LogP contribution >= 0.6 is 0 Å². The van der Waals surface area contributed by atoms with Crippen LogP contribution in [0.1, 0.15) is 65.2 Å². The molecule has 1 aliphatic rings. The number of sulfone groups is 1. The van der Waals surface area contributed by atoms with Crippen molar-refractivity contribution in [3.05, 3.63) is 0 Å². The van der Waals surface area contributed by atoms with Crippen LogP contribution in [0.4, 0.5) is 0 Å². The van der Waals surface area contributed by atoms with E-state index in [1.54, 1.807) is 0 Å². The molecule has 0 aliphatic heterocycles. The fraction of sp³-hybridized carbons (Fsp3) is 1.00. The van der Waals surface area contributed by atoms with Gasteiger partial charge in [0, 0.05) is 0 Å². The molecule has 1 saturated carbocycles. The van der Waals surface area contributed by atoms with Crippen molar-refractivity contribution in [2.45, 2.75) is 87.9 Å². The van der Waals surface area contributed by atoms with Crippen LogP contribution < -0.4 is 0 Å². The second-order valence-corrected chi connectivity index (χ2v) is 8.14. The molecule has 4 atom stereocenters. The highest BCUT2D eigenvalue weighted by Crippen LogP contribution is 2.30. The van der Waals surface area contributed by atoms with Crippen LogP contribution in [-0.2, 0) is 9.84 Å². The molecule has 5 heteroatoms. The summed E-state index contributed by atoms with van der Waals surface area (Å²) in [6, 6.07) is 0. The van der Waals surface area contributed by atoms with E-state index < -0.39 is 27.3 Å². The van der Waals surface area contributed by atoms with Gasteiger partial charge in [-0.25, -0.2) is 8.42 Å². The Morgan fingerprint density at radius 3 is 2.42 bits per heavy atom. The van der Waals surface area contributed by atoms with Crippen LogP contribution in [0.25, 0.3) is 0 Å². The zero-order chi connectivity index (χ0) is 14.5. The SMILES string of the molecule is CCCCCC(CC)S(=O)(=O)C1CC(O)CCC1O. The minimum Gasteiger partial charge on any atom is -0.393 e. The first-order chi connectivity index (χ1) is 8.93. The Kier molecular flexibility index (Phi) is 6.77. The lowest BCUT2D eigenvalue weighted by molar-refractivity contribution is 0.0567. The highest BCUT2D eigenvalue weighted by molar-refractivity contribution is 7.92. The van der Waals surface area contributed by atoms with Crippen LogP contribution in [0.15, 0.2) is 0 Å². The molecular formula is C14H28O4S. The molecule has 114 valence electrons. The largest absolute Gasteiger partial charge is 0.393 e. The number of hydrogen-bond donors (Lipinski definition) is 2. The molecule has 0 aromatic heterocycles. The van der Waals surface area contributed by atoms with Gasteiger partial charge in [0.25, 0.3) is 0 Å². The lowest BCUT2D eigenvalue weighted by Crippen LogP contribution is -2.45. The molecule has 1 rings (SSSR count). The molecule has 19 heavy (non-hydrogen) atoms. The lowest BCUT2D eigenvalue weighted by Gasteiger charge is -2.33. The molecule has 4 unspecified atom stereocenters. The van der Waals surface area contributed by atoms with Crippen LogP contribution in [0, 0.1) is 0 Å². The quantitative estimate of drug-likeness (QED) is 0.704. The van der Waals surface area contributed by atoms with Crippen LogP contribution in [-0.4, -0.2) is 41.3 Å². The van der Waals surface area contributed by atoms with Crippen molar-refractivity contribution < 1.29 is 18.6 Å². The Morgan fingerprint density at radius 2 is 1.84 bits per heavy atom. The summed E-state index contributed by atoms with van der Waals surface area (Å²) in [7, 11) is -3.35. The van der Waals surface area contributed by atoms with E-state index in [0.29, 0.717) is 25.7 Å². The Bertz CT molecular complexity index is 352. The summed E-state index contributed by atoms with van der Waals surface area (Å²) < 4.78 is 25.2. The molecule has 4 nitrogen and oxygen atoms in total. The molecule has 0 heterocycles. The number of aliphatic hydroxyl groups is 2. The average molecular weight is 292 g/mol. The van der Waals surface area contributed by atoms with Gasteiger partial charge in [0.2, 0.25) is 0 Å². The predicted octanol–water partition coefficient (Wildman–Crippen LogP) is 2.03. The minimum atomic E-state index is -3.35. The van der Waals surface area contributed by atoms with Crippen LogP contribution in [0.2, 0.25) is 0 Å². The van der Waals surface area contributed by atoms with E-state index in [4.69, 9.17) is 0 Å². The fourth-order valence-corrected chi connectivity index (χ4v) is 5.43. The van der Waals surface area contributed by atoms with E-state index >= 15 is 0 Å². The van der Waals surface area contributed by atoms with Crippen molar-refractivity contribution in [3.63, 3.8) is 0 Å².